The van der Waals surface area contributed by atoms with Crippen molar-refractivity contribution in [2.24, 2.45) is 5.84 Å². The maximum absolute atomic E-state index is 12.4. The predicted octanol–water partition coefficient (Wildman–Crippen LogP) is 2.08. The number of alkyl halides is 6. The molecule has 0 aromatic heterocycles. The first kappa shape index (κ1) is 19.7. The third-order valence-electron chi connectivity index (χ3n) is 1.81. The molecule has 1 rings (SSSR count). The van der Waals surface area contributed by atoms with Crippen LogP contribution in [0.3, 0.4) is 0 Å². The smallest absolute Gasteiger partial charge is 0.324 e. The van der Waals surface area contributed by atoms with Gasteiger partial charge in [0.2, 0.25) is 0 Å². The van der Waals surface area contributed by atoms with Gasteiger partial charge in [0, 0.05) is 0 Å². The van der Waals surface area contributed by atoms with E-state index in [1.807, 2.05) is 0 Å². The zero-order valence-electron chi connectivity index (χ0n) is 9.77. The zero-order valence-corrected chi connectivity index (χ0v) is 10.7. The van der Waals surface area contributed by atoms with Crippen LogP contribution in [0.2, 0.25) is 0 Å². The van der Waals surface area contributed by atoms with E-state index in [0.29, 0.717) is 6.07 Å². The second-order valence-corrected chi connectivity index (χ2v) is 4.41. The van der Waals surface area contributed by atoms with Gasteiger partial charge >= 0.3 is 20.2 Å². The van der Waals surface area contributed by atoms with Crippen molar-refractivity contribution in [3.63, 3.8) is 0 Å². The molecule has 0 heterocycles. The molecule has 0 aliphatic carbocycles. The molecule has 122 valence electrons. The number of hydrogen-bond acceptors (Lipinski definition) is 3. The van der Waals surface area contributed by atoms with E-state index in [1.54, 1.807) is 5.43 Å². The van der Waals surface area contributed by atoms with Gasteiger partial charge in [0.25, 0.3) is 0 Å². The summed E-state index contributed by atoms with van der Waals surface area (Å²) < 4.78 is 83.2. The summed E-state index contributed by atoms with van der Waals surface area (Å²) in [5.41, 5.74) is -2.81. The Morgan fingerprint density at radius 3 is 1.71 bits per heavy atom. The number of benzene rings is 1. The average molecular weight is 342 g/mol. The fourth-order valence-corrected chi connectivity index (χ4v) is 1.21. The molecule has 6 nitrogen and oxygen atoms in total. The van der Waals surface area contributed by atoms with E-state index in [4.69, 9.17) is 25.1 Å². The quantitative estimate of drug-likeness (QED) is 0.231. The van der Waals surface area contributed by atoms with Crippen molar-refractivity contribution >= 4 is 13.5 Å². The molecular weight excluding hydrogens is 333 g/mol. The minimum absolute atomic E-state index is 0.351. The molecule has 0 fully saturated rings. The van der Waals surface area contributed by atoms with Gasteiger partial charge in [-0.3, -0.25) is 5.84 Å². The summed E-state index contributed by atoms with van der Waals surface area (Å²) >= 11 is 0. The molecule has 0 bridgehead atoms. The third-order valence-corrected chi connectivity index (χ3v) is 1.81. The molecule has 1 aromatic carbocycles. The molecule has 0 saturated heterocycles. The van der Waals surface area contributed by atoms with Gasteiger partial charge in [-0.1, -0.05) is 6.07 Å². The van der Waals surface area contributed by atoms with Crippen LogP contribution in [0.1, 0.15) is 11.1 Å². The number of halogens is 6. The summed E-state index contributed by atoms with van der Waals surface area (Å²) in [5, 5.41) is 0. The van der Waals surface area contributed by atoms with Crippen LogP contribution in [-0.4, -0.2) is 14.7 Å². The SMILES string of the molecule is NNc1cccc(C(F)(F)F)c1C(F)(F)F.O=P(O)(O)O. The number of nitrogens with one attached hydrogen (secondary N) is 1. The van der Waals surface area contributed by atoms with Crippen LogP contribution < -0.4 is 11.3 Å². The molecule has 0 aliphatic heterocycles. The van der Waals surface area contributed by atoms with Crippen LogP contribution in [0, 0.1) is 0 Å². The van der Waals surface area contributed by atoms with Gasteiger partial charge in [-0.25, -0.2) is 4.57 Å². The first-order valence-corrected chi connectivity index (χ1v) is 6.26. The average Bonchev–Trinajstić information content (AvgIpc) is 2.23. The number of hydrazine groups is 1. The topological polar surface area (TPSA) is 116 Å². The van der Waals surface area contributed by atoms with Gasteiger partial charge in [0.15, 0.2) is 0 Å². The van der Waals surface area contributed by atoms with Gasteiger partial charge in [-0.15, -0.1) is 0 Å². The van der Waals surface area contributed by atoms with Crippen molar-refractivity contribution in [1.29, 1.82) is 0 Å². The van der Waals surface area contributed by atoms with Crippen LogP contribution in [0.25, 0.3) is 0 Å². The van der Waals surface area contributed by atoms with E-state index in [2.05, 4.69) is 0 Å². The molecule has 0 saturated carbocycles. The molecule has 0 amide bonds. The zero-order chi connectivity index (χ0) is 17.1. The Morgan fingerprint density at radius 1 is 1.00 bits per heavy atom. The lowest BCUT2D eigenvalue weighted by Crippen LogP contribution is -2.20. The van der Waals surface area contributed by atoms with Gasteiger partial charge in [-0.2, -0.15) is 26.3 Å². The van der Waals surface area contributed by atoms with Crippen LogP contribution in [0.4, 0.5) is 32.0 Å². The van der Waals surface area contributed by atoms with Crippen molar-refractivity contribution in [3.05, 3.63) is 29.3 Å². The van der Waals surface area contributed by atoms with Crippen molar-refractivity contribution < 1.29 is 45.6 Å². The molecule has 0 radical (unpaired) electrons. The Hall–Kier alpha value is -1.33. The molecule has 0 spiro atoms. The Labute approximate surface area is 113 Å². The van der Waals surface area contributed by atoms with E-state index in [1.165, 1.54) is 0 Å². The van der Waals surface area contributed by atoms with Crippen LogP contribution in [-0.2, 0) is 16.9 Å². The Kier molecular flexibility index (Phi) is 6.20. The lowest BCUT2D eigenvalue weighted by atomic mass is 10.0. The van der Waals surface area contributed by atoms with Crippen molar-refractivity contribution in [1.82, 2.24) is 0 Å². The third kappa shape index (κ3) is 7.29. The van der Waals surface area contributed by atoms with Crippen molar-refractivity contribution in [3.8, 4) is 0 Å². The maximum atomic E-state index is 12.4. The van der Waals surface area contributed by atoms with Gasteiger partial charge in [0.1, 0.15) is 0 Å². The summed E-state index contributed by atoms with van der Waals surface area (Å²) in [6.07, 6.45) is -10.2. The number of phosphoric acid groups is 1. The first-order valence-electron chi connectivity index (χ1n) is 4.70. The predicted molar refractivity (Wildman–Crippen MR) is 58.5 cm³/mol. The van der Waals surface area contributed by atoms with Crippen LogP contribution in [0.5, 0.6) is 0 Å². The maximum Gasteiger partial charge on any atom is 0.466 e. The lowest BCUT2D eigenvalue weighted by molar-refractivity contribution is -0.161. The van der Waals surface area contributed by atoms with E-state index in [-0.39, 0.29) is 0 Å². The summed E-state index contributed by atoms with van der Waals surface area (Å²) in [6.45, 7) is 0. The lowest BCUT2D eigenvalue weighted by Gasteiger charge is -2.18. The van der Waals surface area contributed by atoms with Crippen LogP contribution >= 0.6 is 7.82 Å². The molecule has 13 heteroatoms. The number of nitrogen functional groups attached to an aromatic ring is 1. The highest BCUT2D eigenvalue weighted by Gasteiger charge is 2.44. The summed E-state index contributed by atoms with van der Waals surface area (Å²) in [5.74, 6) is 4.74. The van der Waals surface area contributed by atoms with Crippen molar-refractivity contribution in [2.75, 3.05) is 5.43 Å². The highest BCUT2D eigenvalue weighted by Crippen LogP contribution is 2.43. The van der Waals surface area contributed by atoms with Gasteiger partial charge < -0.3 is 20.1 Å². The summed E-state index contributed by atoms with van der Waals surface area (Å²) in [7, 11) is -4.64. The number of anilines is 1. The standard InChI is InChI=1S/C8H6F6N2.H3O4P/c9-7(10,11)4-2-1-3-5(16-15)6(4)8(12,13)14;1-5(2,3)4/h1-3,16H,15H2;(H3,1,2,3,4). The minimum atomic E-state index is -5.13. The monoisotopic (exact) mass is 342 g/mol. The second-order valence-electron chi connectivity index (χ2n) is 3.38. The molecule has 0 aliphatic rings. The summed E-state index contributed by atoms with van der Waals surface area (Å²) in [4.78, 5) is 21.6. The largest absolute Gasteiger partial charge is 0.466 e. The fraction of sp³-hybridized carbons (Fsp3) is 0.250. The minimum Gasteiger partial charge on any atom is -0.324 e. The Bertz CT molecular complexity index is 518. The molecular formula is C8H9F6N2O4P. The number of hydrogen-bond donors (Lipinski definition) is 5. The Morgan fingerprint density at radius 2 is 1.43 bits per heavy atom. The molecule has 1 aromatic rings. The fourth-order valence-electron chi connectivity index (χ4n) is 1.21. The van der Waals surface area contributed by atoms with Crippen LogP contribution in [0.15, 0.2) is 18.2 Å². The molecule has 21 heavy (non-hydrogen) atoms. The second kappa shape index (κ2) is 6.62. The van der Waals surface area contributed by atoms with E-state index in [9.17, 15) is 26.3 Å². The highest BCUT2D eigenvalue weighted by atomic mass is 31.2. The number of rotatable bonds is 1. The first-order chi connectivity index (χ1) is 9.18. The molecule has 0 atom stereocenters. The van der Waals surface area contributed by atoms with Gasteiger partial charge in [-0.05, 0) is 12.1 Å². The Balaban J connectivity index is 0.000000690. The number of nitrogens with two attached hydrogens (primary N) is 1. The van der Waals surface area contributed by atoms with Crippen molar-refractivity contribution in [2.45, 2.75) is 12.4 Å². The normalized spacial score (nSPS) is 12.5. The van der Waals surface area contributed by atoms with Gasteiger partial charge in [0.05, 0.1) is 16.8 Å². The molecule has 6 N–H and O–H groups in total. The molecule has 0 unspecified atom stereocenters. The van der Waals surface area contributed by atoms with E-state index in [0.717, 1.165) is 12.1 Å². The van der Waals surface area contributed by atoms with E-state index >= 15 is 0 Å². The highest BCUT2D eigenvalue weighted by molar-refractivity contribution is 7.45. The van der Waals surface area contributed by atoms with E-state index < -0.39 is 37.0 Å². The summed E-state index contributed by atoms with van der Waals surface area (Å²) in [6, 6.07) is 2.01.